The minimum absolute atomic E-state index is 0.0280. The maximum atomic E-state index is 12.8. The van der Waals surface area contributed by atoms with Crippen LogP contribution < -0.4 is 11.1 Å². The Labute approximate surface area is 202 Å². The summed E-state index contributed by atoms with van der Waals surface area (Å²) in [6.45, 7) is 3.92. The second-order valence-corrected chi connectivity index (χ2v) is 11.5. The van der Waals surface area contributed by atoms with Gasteiger partial charge in [0.25, 0.3) is 0 Å². The summed E-state index contributed by atoms with van der Waals surface area (Å²) >= 11 is 6.13. The molecule has 7 heteroatoms. The molecule has 4 aliphatic rings. The van der Waals surface area contributed by atoms with Gasteiger partial charge in [-0.1, -0.05) is 24.1 Å². The lowest BCUT2D eigenvalue weighted by molar-refractivity contribution is -0.136. The standard InChI is InChI=1S/C26H37ClN4O2/c27-22-12-19(2-4-23(22)28)17-30-7-9-31(10-8-30)25(33)16-29-24(32)15-26-6-5-20-3-1-18(13-26)11-21(20)14-26/h2,4,12,18,20-21H,1,3,5-11,13-17,28H2,(H,29,32). The molecule has 0 aromatic heterocycles. The largest absolute Gasteiger partial charge is 0.398 e. The van der Waals surface area contributed by atoms with Crippen LogP contribution in [0, 0.1) is 23.2 Å². The third kappa shape index (κ3) is 5.17. The zero-order chi connectivity index (χ0) is 23.0. The number of hydrogen-bond donors (Lipinski definition) is 2. The van der Waals surface area contributed by atoms with Crippen LogP contribution in [-0.2, 0) is 16.1 Å². The van der Waals surface area contributed by atoms with E-state index >= 15 is 0 Å². The van der Waals surface area contributed by atoms with Crippen molar-refractivity contribution < 1.29 is 9.59 Å². The lowest BCUT2D eigenvalue weighted by Crippen LogP contribution is -2.51. The molecule has 180 valence electrons. The molecule has 1 aromatic rings. The number of rotatable bonds is 6. The zero-order valence-electron chi connectivity index (χ0n) is 19.5. The third-order valence-corrected chi connectivity index (χ3v) is 9.21. The summed E-state index contributed by atoms with van der Waals surface area (Å²) < 4.78 is 0. The number of nitrogens with zero attached hydrogens (tertiary/aromatic N) is 2. The monoisotopic (exact) mass is 472 g/mol. The second kappa shape index (κ2) is 9.46. The van der Waals surface area contributed by atoms with E-state index in [1.165, 1.54) is 44.9 Å². The number of nitrogen functional groups attached to an aromatic ring is 1. The van der Waals surface area contributed by atoms with E-state index in [1.54, 1.807) is 0 Å². The van der Waals surface area contributed by atoms with Gasteiger partial charge in [0.15, 0.2) is 0 Å². The van der Waals surface area contributed by atoms with Gasteiger partial charge in [-0.3, -0.25) is 14.5 Å². The number of carbonyl (C=O) groups is 2. The Kier molecular flexibility index (Phi) is 6.58. The van der Waals surface area contributed by atoms with Gasteiger partial charge in [-0.25, -0.2) is 0 Å². The van der Waals surface area contributed by atoms with Gasteiger partial charge >= 0.3 is 0 Å². The normalized spacial score (nSPS) is 31.4. The van der Waals surface area contributed by atoms with E-state index in [4.69, 9.17) is 17.3 Å². The number of nitrogens with one attached hydrogen (secondary N) is 1. The summed E-state index contributed by atoms with van der Waals surface area (Å²) in [6.07, 6.45) is 9.73. The SMILES string of the molecule is Nc1ccc(CN2CCN(C(=O)CNC(=O)CC34CCC5CCC(CC5C3)C4)CC2)cc1Cl. The summed E-state index contributed by atoms with van der Waals surface area (Å²) in [5, 5.41) is 3.55. The number of fused-ring (bicyclic) bond motifs is 2. The number of amides is 2. The minimum atomic E-state index is 0.0280. The van der Waals surface area contributed by atoms with Crippen molar-refractivity contribution in [2.75, 3.05) is 38.5 Å². The van der Waals surface area contributed by atoms with Crippen molar-refractivity contribution in [3.8, 4) is 0 Å². The van der Waals surface area contributed by atoms with E-state index in [-0.39, 0.29) is 23.8 Å². The highest BCUT2D eigenvalue weighted by Crippen LogP contribution is 2.59. The van der Waals surface area contributed by atoms with Crippen molar-refractivity contribution in [1.29, 1.82) is 0 Å². The molecule has 1 aliphatic heterocycles. The number of benzene rings is 1. The molecule has 4 fully saturated rings. The van der Waals surface area contributed by atoms with Crippen LogP contribution in [0.1, 0.15) is 56.9 Å². The summed E-state index contributed by atoms with van der Waals surface area (Å²) in [4.78, 5) is 29.7. The molecule has 6 nitrogen and oxygen atoms in total. The molecule has 1 saturated heterocycles. The summed E-state index contributed by atoms with van der Waals surface area (Å²) in [5.41, 5.74) is 7.72. The molecular formula is C26H37ClN4O2. The lowest BCUT2D eigenvalue weighted by Gasteiger charge is -2.54. The Bertz CT molecular complexity index is 896. The fraction of sp³-hybridized carbons (Fsp3) is 0.692. The van der Waals surface area contributed by atoms with Gasteiger partial charge in [0.05, 0.1) is 17.3 Å². The number of hydrogen-bond acceptors (Lipinski definition) is 4. The first-order chi connectivity index (χ1) is 15.9. The Morgan fingerprint density at radius 2 is 1.91 bits per heavy atom. The molecule has 2 amide bonds. The molecule has 3 N–H and O–H groups in total. The highest BCUT2D eigenvalue weighted by atomic mass is 35.5. The van der Waals surface area contributed by atoms with Gasteiger partial charge in [-0.15, -0.1) is 0 Å². The van der Waals surface area contributed by atoms with Crippen LogP contribution in [0.5, 0.6) is 0 Å². The van der Waals surface area contributed by atoms with Gasteiger partial charge in [-0.05, 0) is 79.4 Å². The van der Waals surface area contributed by atoms with E-state index in [0.29, 0.717) is 30.2 Å². The van der Waals surface area contributed by atoms with E-state index in [2.05, 4.69) is 10.2 Å². The van der Waals surface area contributed by atoms with Gasteiger partial charge in [0, 0.05) is 39.1 Å². The maximum absolute atomic E-state index is 12.8. The number of piperazine rings is 1. The summed E-state index contributed by atoms with van der Waals surface area (Å²) in [6, 6.07) is 5.75. The number of halogens is 1. The molecule has 4 unspecified atom stereocenters. The molecule has 5 rings (SSSR count). The molecule has 1 aromatic carbocycles. The van der Waals surface area contributed by atoms with Crippen LogP contribution in [0.4, 0.5) is 5.69 Å². The summed E-state index contributed by atoms with van der Waals surface area (Å²) in [7, 11) is 0. The first-order valence-electron chi connectivity index (χ1n) is 12.7. The molecule has 3 aliphatic carbocycles. The number of carbonyl (C=O) groups excluding carboxylic acids is 2. The summed E-state index contributed by atoms with van der Waals surface area (Å²) in [5.74, 6) is 2.69. The molecule has 3 saturated carbocycles. The predicted octanol–water partition coefficient (Wildman–Crippen LogP) is 3.68. The quantitative estimate of drug-likeness (QED) is 0.619. The molecule has 3 bridgehead atoms. The molecule has 1 heterocycles. The average molecular weight is 473 g/mol. The molecule has 33 heavy (non-hydrogen) atoms. The van der Waals surface area contributed by atoms with Crippen molar-refractivity contribution >= 4 is 29.1 Å². The van der Waals surface area contributed by atoms with Crippen LogP contribution in [-0.4, -0.2) is 54.3 Å². The van der Waals surface area contributed by atoms with Crippen LogP contribution in [0.25, 0.3) is 0 Å². The van der Waals surface area contributed by atoms with Crippen molar-refractivity contribution in [2.45, 2.75) is 57.9 Å². The Balaban J connectivity index is 1.05. The topological polar surface area (TPSA) is 78.7 Å². The van der Waals surface area contributed by atoms with Gasteiger partial charge in [0.2, 0.25) is 11.8 Å². The Morgan fingerprint density at radius 3 is 2.70 bits per heavy atom. The third-order valence-electron chi connectivity index (χ3n) is 8.88. The van der Waals surface area contributed by atoms with Crippen molar-refractivity contribution in [1.82, 2.24) is 15.1 Å². The van der Waals surface area contributed by atoms with E-state index in [0.717, 1.165) is 43.0 Å². The fourth-order valence-corrected chi connectivity index (χ4v) is 7.39. The molecular weight excluding hydrogens is 436 g/mol. The van der Waals surface area contributed by atoms with Crippen LogP contribution >= 0.6 is 11.6 Å². The fourth-order valence-electron chi connectivity index (χ4n) is 7.19. The Morgan fingerprint density at radius 1 is 1.09 bits per heavy atom. The average Bonchev–Trinajstić information content (AvgIpc) is 2.79. The van der Waals surface area contributed by atoms with Crippen molar-refractivity contribution in [2.24, 2.45) is 23.2 Å². The Hall–Kier alpha value is -1.79. The van der Waals surface area contributed by atoms with E-state index < -0.39 is 0 Å². The molecule has 0 radical (unpaired) electrons. The highest BCUT2D eigenvalue weighted by Gasteiger charge is 2.49. The first-order valence-corrected chi connectivity index (χ1v) is 13.1. The first kappa shape index (κ1) is 23.0. The van der Waals surface area contributed by atoms with E-state index in [1.807, 2.05) is 23.1 Å². The smallest absolute Gasteiger partial charge is 0.242 e. The zero-order valence-corrected chi connectivity index (χ0v) is 20.3. The van der Waals surface area contributed by atoms with Gasteiger partial charge in [0.1, 0.15) is 0 Å². The molecule has 0 spiro atoms. The van der Waals surface area contributed by atoms with Crippen molar-refractivity contribution in [3.05, 3.63) is 28.8 Å². The van der Waals surface area contributed by atoms with Crippen LogP contribution in [0.3, 0.4) is 0 Å². The maximum Gasteiger partial charge on any atom is 0.242 e. The number of anilines is 1. The van der Waals surface area contributed by atoms with E-state index in [9.17, 15) is 9.59 Å². The van der Waals surface area contributed by atoms with Crippen LogP contribution in [0.15, 0.2) is 18.2 Å². The van der Waals surface area contributed by atoms with Crippen molar-refractivity contribution in [3.63, 3.8) is 0 Å². The molecule has 4 atom stereocenters. The number of nitrogens with two attached hydrogens (primary N) is 1. The van der Waals surface area contributed by atoms with Gasteiger partial charge < -0.3 is 16.0 Å². The minimum Gasteiger partial charge on any atom is -0.398 e. The van der Waals surface area contributed by atoms with Gasteiger partial charge in [-0.2, -0.15) is 0 Å². The lowest BCUT2D eigenvalue weighted by atomic mass is 9.50. The van der Waals surface area contributed by atoms with Crippen LogP contribution in [0.2, 0.25) is 5.02 Å². The second-order valence-electron chi connectivity index (χ2n) is 11.1. The highest BCUT2D eigenvalue weighted by molar-refractivity contribution is 6.33. The predicted molar refractivity (Wildman–Crippen MR) is 131 cm³/mol.